The summed E-state index contributed by atoms with van der Waals surface area (Å²) in [5, 5.41) is 7.93. The summed E-state index contributed by atoms with van der Waals surface area (Å²) in [5.41, 5.74) is 1.02. The molecule has 0 unspecified atom stereocenters. The Kier molecular flexibility index (Phi) is 3.24. The van der Waals surface area contributed by atoms with Gasteiger partial charge in [-0.05, 0) is 29.8 Å². The third-order valence-corrected chi connectivity index (χ3v) is 3.95. The summed E-state index contributed by atoms with van der Waals surface area (Å²) in [4.78, 5) is 29.0. The van der Waals surface area contributed by atoms with E-state index in [-0.39, 0.29) is 45.6 Å². The molecule has 2 heterocycles. The van der Waals surface area contributed by atoms with Crippen LogP contribution in [0.15, 0.2) is 36.7 Å². The average Bonchev–Trinajstić information content (AvgIpc) is 2.96. The summed E-state index contributed by atoms with van der Waals surface area (Å²) in [5.74, 6) is -1.27. The molecule has 0 bridgehead atoms. The van der Waals surface area contributed by atoms with Crippen LogP contribution < -0.4 is 0 Å². The second-order valence-corrected chi connectivity index (χ2v) is 5.74. The number of aromatic nitrogens is 4. The van der Waals surface area contributed by atoms with Crippen LogP contribution in [0.4, 0.5) is 4.39 Å². The van der Waals surface area contributed by atoms with Gasteiger partial charge in [0, 0.05) is 23.0 Å². The van der Waals surface area contributed by atoms with Crippen LogP contribution in [-0.2, 0) is 6.54 Å². The largest absolute Gasteiger partial charge is 0.287 e. The van der Waals surface area contributed by atoms with E-state index in [1.165, 1.54) is 35.3 Å². The normalized spacial score (nSPS) is 12.9. The zero-order chi connectivity index (χ0) is 16.8. The van der Waals surface area contributed by atoms with Gasteiger partial charge in [-0.2, -0.15) is 0 Å². The first-order valence-electron chi connectivity index (χ1n) is 6.96. The average molecular weight is 343 g/mol. The van der Waals surface area contributed by atoms with Crippen LogP contribution in [0, 0.1) is 5.82 Å². The first-order valence-corrected chi connectivity index (χ1v) is 7.34. The van der Waals surface area contributed by atoms with Crippen LogP contribution in [0.5, 0.6) is 0 Å². The smallest absolute Gasteiger partial charge is 0.216 e. The molecule has 0 saturated carbocycles. The van der Waals surface area contributed by atoms with Gasteiger partial charge >= 0.3 is 0 Å². The summed E-state index contributed by atoms with van der Waals surface area (Å²) >= 11 is 5.84. The van der Waals surface area contributed by atoms with E-state index in [9.17, 15) is 14.0 Å². The molecule has 0 radical (unpaired) electrons. The lowest BCUT2D eigenvalue weighted by Gasteiger charge is -2.14. The predicted octanol–water partition coefficient (Wildman–Crippen LogP) is 2.29. The molecule has 0 aliphatic heterocycles. The summed E-state index contributed by atoms with van der Waals surface area (Å²) in [7, 11) is 0. The van der Waals surface area contributed by atoms with Crippen LogP contribution in [0.2, 0.25) is 5.02 Å². The predicted molar refractivity (Wildman–Crippen MR) is 81.6 cm³/mol. The molecule has 0 atom stereocenters. The Morgan fingerprint density at radius 3 is 2.75 bits per heavy atom. The molecule has 1 aliphatic carbocycles. The van der Waals surface area contributed by atoms with Gasteiger partial charge < -0.3 is 0 Å². The molecule has 0 spiro atoms. The van der Waals surface area contributed by atoms with Gasteiger partial charge in [-0.1, -0.05) is 16.8 Å². The molecule has 0 N–H and O–H groups in total. The van der Waals surface area contributed by atoms with Crippen molar-refractivity contribution in [1.82, 2.24) is 20.0 Å². The van der Waals surface area contributed by atoms with Gasteiger partial charge in [0.15, 0.2) is 5.69 Å². The van der Waals surface area contributed by atoms with E-state index in [1.54, 1.807) is 6.07 Å². The fraction of sp³-hybridized carbons (Fsp3) is 0.0625. The van der Waals surface area contributed by atoms with E-state index in [2.05, 4.69) is 15.3 Å². The molecule has 0 amide bonds. The van der Waals surface area contributed by atoms with Gasteiger partial charge in [0.25, 0.3) is 0 Å². The van der Waals surface area contributed by atoms with Crippen molar-refractivity contribution in [2.45, 2.75) is 6.54 Å². The molecule has 8 heteroatoms. The Balaban J connectivity index is 1.80. The maximum Gasteiger partial charge on any atom is 0.216 e. The van der Waals surface area contributed by atoms with Crippen molar-refractivity contribution in [1.29, 1.82) is 0 Å². The lowest BCUT2D eigenvalue weighted by atomic mass is 9.91. The Hall–Kier alpha value is -2.93. The number of nitrogens with zero attached hydrogens (tertiary/aromatic N) is 4. The van der Waals surface area contributed by atoms with Gasteiger partial charge in [0.1, 0.15) is 11.5 Å². The molecule has 0 fully saturated rings. The highest BCUT2D eigenvalue weighted by Crippen LogP contribution is 2.25. The molecule has 24 heavy (non-hydrogen) atoms. The van der Waals surface area contributed by atoms with Crippen molar-refractivity contribution >= 4 is 23.2 Å². The van der Waals surface area contributed by atoms with E-state index in [1.807, 2.05) is 0 Å². The standard InChI is InChI=1S/C16H8ClFN4O2/c17-9-3-8(4-10(18)5-9)7-22-14-13(20-21-22)15(23)11-1-2-19-6-12(11)16(14)24/h1-6H,7H2. The fourth-order valence-corrected chi connectivity index (χ4v) is 2.95. The Morgan fingerprint density at radius 2 is 1.96 bits per heavy atom. The molecule has 6 nitrogen and oxygen atoms in total. The van der Waals surface area contributed by atoms with Gasteiger partial charge in [0.2, 0.25) is 11.6 Å². The number of carbonyl (C=O) groups is 2. The van der Waals surface area contributed by atoms with Crippen LogP contribution in [0.1, 0.15) is 37.7 Å². The number of hydrogen-bond donors (Lipinski definition) is 0. The lowest BCUT2D eigenvalue weighted by Crippen LogP contribution is -2.24. The number of fused-ring (bicyclic) bond motifs is 2. The molecule has 3 aromatic rings. The van der Waals surface area contributed by atoms with E-state index in [4.69, 9.17) is 11.6 Å². The number of carbonyl (C=O) groups excluding carboxylic acids is 2. The second kappa shape index (κ2) is 5.31. The van der Waals surface area contributed by atoms with E-state index in [0.717, 1.165) is 0 Å². The first-order chi connectivity index (χ1) is 11.5. The van der Waals surface area contributed by atoms with Crippen molar-refractivity contribution in [3.05, 3.63) is 75.6 Å². The highest BCUT2D eigenvalue weighted by molar-refractivity contribution is 6.30. The van der Waals surface area contributed by atoms with Crippen molar-refractivity contribution in [2.24, 2.45) is 0 Å². The maximum absolute atomic E-state index is 13.5. The SMILES string of the molecule is O=C1c2ccncc2C(=O)c2c1nnn2Cc1cc(F)cc(Cl)c1. The molecule has 4 rings (SSSR count). The lowest BCUT2D eigenvalue weighted by molar-refractivity contribution is 0.0970. The third kappa shape index (κ3) is 2.21. The van der Waals surface area contributed by atoms with Crippen molar-refractivity contribution < 1.29 is 14.0 Å². The van der Waals surface area contributed by atoms with E-state index >= 15 is 0 Å². The van der Waals surface area contributed by atoms with Gasteiger partial charge in [-0.25, -0.2) is 9.07 Å². The number of pyridine rings is 1. The Morgan fingerprint density at radius 1 is 1.12 bits per heavy atom. The van der Waals surface area contributed by atoms with Crippen molar-refractivity contribution in [3.8, 4) is 0 Å². The highest BCUT2D eigenvalue weighted by atomic mass is 35.5. The molecular formula is C16H8ClFN4O2. The van der Waals surface area contributed by atoms with Crippen LogP contribution in [0.25, 0.3) is 0 Å². The molecule has 1 aromatic carbocycles. The molecular weight excluding hydrogens is 335 g/mol. The monoisotopic (exact) mass is 342 g/mol. The van der Waals surface area contributed by atoms with Crippen LogP contribution in [0.3, 0.4) is 0 Å². The minimum Gasteiger partial charge on any atom is -0.287 e. The minimum absolute atomic E-state index is 0.0128. The number of benzene rings is 1. The van der Waals surface area contributed by atoms with Gasteiger partial charge in [-0.3, -0.25) is 14.6 Å². The third-order valence-electron chi connectivity index (χ3n) is 3.73. The summed E-state index contributed by atoms with van der Waals surface area (Å²) in [6.45, 7) is 0.0639. The number of hydrogen-bond acceptors (Lipinski definition) is 5. The molecule has 2 aromatic heterocycles. The fourth-order valence-electron chi connectivity index (χ4n) is 2.71. The zero-order valence-corrected chi connectivity index (χ0v) is 12.8. The quantitative estimate of drug-likeness (QED) is 0.558. The summed E-state index contributed by atoms with van der Waals surface area (Å²) < 4.78 is 14.7. The first kappa shape index (κ1) is 14.6. The van der Waals surface area contributed by atoms with Crippen molar-refractivity contribution in [2.75, 3.05) is 0 Å². The second-order valence-electron chi connectivity index (χ2n) is 5.30. The van der Waals surface area contributed by atoms with Crippen LogP contribution in [-0.4, -0.2) is 31.5 Å². The number of ketones is 2. The van der Waals surface area contributed by atoms with E-state index < -0.39 is 5.82 Å². The van der Waals surface area contributed by atoms with Crippen molar-refractivity contribution in [3.63, 3.8) is 0 Å². The highest BCUT2D eigenvalue weighted by Gasteiger charge is 2.35. The molecule has 0 saturated heterocycles. The molecule has 118 valence electrons. The summed E-state index contributed by atoms with van der Waals surface area (Å²) in [6.07, 6.45) is 2.78. The topological polar surface area (TPSA) is 77.7 Å². The maximum atomic E-state index is 13.5. The number of halogens is 2. The van der Waals surface area contributed by atoms with Crippen LogP contribution >= 0.6 is 11.6 Å². The summed E-state index contributed by atoms with van der Waals surface area (Å²) in [6, 6.07) is 5.50. The van der Waals surface area contributed by atoms with E-state index in [0.29, 0.717) is 5.56 Å². The Bertz CT molecular complexity index is 995. The number of rotatable bonds is 2. The molecule has 1 aliphatic rings. The zero-order valence-electron chi connectivity index (χ0n) is 12.0. The minimum atomic E-state index is -0.497. The van der Waals surface area contributed by atoms with Gasteiger partial charge in [0.05, 0.1) is 12.1 Å². The Labute approximate surface area is 139 Å². The van der Waals surface area contributed by atoms with Gasteiger partial charge in [-0.15, -0.1) is 5.10 Å².